The summed E-state index contributed by atoms with van der Waals surface area (Å²) in [6, 6.07) is 0.591. The summed E-state index contributed by atoms with van der Waals surface area (Å²) in [5.74, 6) is 0. The van der Waals surface area contributed by atoms with Gasteiger partial charge in [0, 0.05) is 25.2 Å². The molecule has 0 bridgehead atoms. The van der Waals surface area contributed by atoms with Crippen molar-refractivity contribution in [1.82, 2.24) is 10.2 Å². The maximum atomic E-state index is 5.72. The molecule has 0 aromatic carbocycles. The molecule has 3 heteroatoms. The van der Waals surface area contributed by atoms with Crippen LogP contribution in [0.15, 0.2) is 0 Å². The lowest BCUT2D eigenvalue weighted by Crippen LogP contribution is -2.57. The Morgan fingerprint density at radius 3 is 2.77 bits per heavy atom. The number of hydrogen-bond acceptors (Lipinski definition) is 3. The van der Waals surface area contributed by atoms with Crippen molar-refractivity contribution in [2.24, 2.45) is 0 Å². The predicted octanol–water partition coefficient (Wildman–Crippen LogP) is 0.457. The van der Waals surface area contributed by atoms with Crippen LogP contribution in [-0.4, -0.2) is 48.8 Å². The molecule has 0 aromatic heterocycles. The van der Waals surface area contributed by atoms with Crippen LogP contribution in [0.25, 0.3) is 0 Å². The molecule has 2 aliphatic rings. The Morgan fingerprint density at radius 2 is 2.08 bits per heavy atom. The van der Waals surface area contributed by atoms with E-state index in [1.165, 1.54) is 0 Å². The fourth-order valence-electron chi connectivity index (χ4n) is 2.42. The molecule has 2 aliphatic heterocycles. The van der Waals surface area contributed by atoms with E-state index in [2.05, 4.69) is 31.0 Å². The van der Waals surface area contributed by atoms with Gasteiger partial charge in [-0.05, 0) is 20.8 Å². The first-order valence-corrected chi connectivity index (χ1v) is 5.18. The van der Waals surface area contributed by atoms with E-state index >= 15 is 0 Å². The minimum absolute atomic E-state index is 0.277. The van der Waals surface area contributed by atoms with Crippen molar-refractivity contribution in [3.8, 4) is 0 Å². The van der Waals surface area contributed by atoms with Gasteiger partial charge in [0.25, 0.3) is 0 Å². The van der Waals surface area contributed by atoms with Crippen LogP contribution in [0, 0.1) is 0 Å². The molecule has 2 saturated heterocycles. The average molecular weight is 184 g/mol. The molecular weight excluding hydrogens is 164 g/mol. The molecule has 3 nitrogen and oxygen atoms in total. The highest BCUT2D eigenvalue weighted by molar-refractivity contribution is 4.96. The molecule has 2 rings (SSSR count). The van der Waals surface area contributed by atoms with E-state index in [0.29, 0.717) is 12.1 Å². The molecule has 0 aliphatic carbocycles. The molecule has 0 amide bonds. The molecule has 0 radical (unpaired) electrons. The van der Waals surface area contributed by atoms with Crippen molar-refractivity contribution in [1.29, 1.82) is 0 Å². The van der Waals surface area contributed by atoms with Crippen molar-refractivity contribution in [3.05, 3.63) is 0 Å². The van der Waals surface area contributed by atoms with Crippen LogP contribution in [0.4, 0.5) is 0 Å². The van der Waals surface area contributed by atoms with Gasteiger partial charge in [-0.2, -0.15) is 0 Å². The molecule has 2 atom stereocenters. The first-order chi connectivity index (χ1) is 6.09. The van der Waals surface area contributed by atoms with Crippen LogP contribution in [-0.2, 0) is 4.74 Å². The highest BCUT2D eigenvalue weighted by Gasteiger charge is 2.40. The normalized spacial score (nSPS) is 36.2. The third-order valence-electron chi connectivity index (χ3n) is 3.05. The van der Waals surface area contributed by atoms with Crippen LogP contribution in [0.1, 0.15) is 20.8 Å². The van der Waals surface area contributed by atoms with Gasteiger partial charge in [0.1, 0.15) is 0 Å². The van der Waals surface area contributed by atoms with Gasteiger partial charge in [-0.25, -0.2) is 0 Å². The first kappa shape index (κ1) is 9.44. The number of morpholine rings is 1. The maximum Gasteiger partial charge on any atom is 0.0867 e. The van der Waals surface area contributed by atoms with Gasteiger partial charge >= 0.3 is 0 Å². The number of rotatable bonds is 0. The number of nitrogens with one attached hydrogen (secondary N) is 1. The van der Waals surface area contributed by atoms with Crippen molar-refractivity contribution in [3.63, 3.8) is 0 Å². The van der Waals surface area contributed by atoms with Crippen molar-refractivity contribution in [2.75, 3.05) is 26.2 Å². The Kier molecular flexibility index (Phi) is 2.34. The highest BCUT2D eigenvalue weighted by Crippen LogP contribution is 2.25. The van der Waals surface area contributed by atoms with Gasteiger partial charge in [0.05, 0.1) is 18.8 Å². The lowest BCUT2D eigenvalue weighted by atomic mass is 10.00. The quantitative estimate of drug-likeness (QED) is 0.592. The molecule has 2 fully saturated rings. The molecule has 1 N–H and O–H groups in total. The molecule has 2 heterocycles. The zero-order valence-corrected chi connectivity index (χ0v) is 8.84. The number of ether oxygens (including phenoxy) is 1. The molecule has 2 unspecified atom stereocenters. The van der Waals surface area contributed by atoms with Gasteiger partial charge in [0.15, 0.2) is 0 Å². The number of hydrogen-bond donors (Lipinski definition) is 1. The highest BCUT2D eigenvalue weighted by atomic mass is 16.5. The van der Waals surface area contributed by atoms with E-state index in [0.717, 1.165) is 26.2 Å². The second-order valence-corrected chi connectivity index (χ2v) is 5.00. The van der Waals surface area contributed by atoms with E-state index in [9.17, 15) is 0 Å². The zero-order valence-electron chi connectivity index (χ0n) is 8.84. The zero-order chi connectivity index (χ0) is 9.47. The number of nitrogens with zero attached hydrogens (tertiary/aromatic N) is 1. The van der Waals surface area contributed by atoms with Crippen LogP contribution in [0.5, 0.6) is 0 Å². The van der Waals surface area contributed by atoms with Gasteiger partial charge in [-0.15, -0.1) is 0 Å². The van der Waals surface area contributed by atoms with Gasteiger partial charge in [-0.3, -0.25) is 4.90 Å². The van der Waals surface area contributed by atoms with Crippen LogP contribution in [0.2, 0.25) is 0 Å². The molecule has 0 aromatic rings. The monoisotopic (exact) mass is 184 g/mol. The summed E-state index contributed by atoms with van der Waals surface area (Å²) >= 11 is 0. The summed E-state index contributed by atoms with van der Waals surface area (Å²) in [6.45, 7) is 10.9. The van der Waals surface area contributed by atoms with Crippen LogP contribution < -0.4 is 5.32 Å². The Bertz CT molecular complexity index is 188. The Hall–Kier alpha value is -0.120. The second-order valence-electron chi connectivity index (χ2n) is 5.00. The van der Waals surface area contributed by atoms with E-state index in [4.69, 9.17) is 4.74 Å². The van der Waals surface area contributed by atoms with Crippen molar-refractivity contribution in [2.45, 2.75) is 38.5 Å². The fraction of sp³-hybridized carbons (Fsp3) is 1.00. The molecule has 0 spiro atoms. The lowest BCUT2D eigenvalue weighted by Gasteiger charge is -2.45. The minimum atomic E-state index is 0.277. The first-order valence-electron chi connectivity index (χ1n) is 5.18. The molecule has 76 valence electrons. The third kappa shape index (κ3) is 1.73. The SMILES string of the molecule is CC(C)(C)N1CCOC2CNCC21. The Balaban J connectivity index is 2.10. The van der Waals surface area contributed by atoms with E-state index in [-0.39, 0.29) is 5.54 Å². The summed E-state index contributed by atoms with van der Waals surface area (Å²) in [5, 5.41) is 3.40. The summed E-state index contributed by atoms with van der Waals surface area (Å²) in [5.41, 5.74) is 0.277. The van der Waals surface area contributed by atoms with Gasteiger partial charge < -0.3 is 10.1 Å². The molecule has 13 heavy (non-hydrogen) atoms. The minimum Gasteiger partial charge on any atom is -0.374 e. The second kappa shape index (κ2) is 3.23. The smallest absolute Gasteiger partial charge is 0.0867 e. The van der Waals surface area contributed by atoms with Crippen molar-refractivity contribution < 1.29 is 4.74 Å². The summed E-state index contributed by atoms with van der Waals surface area (Å²) in [7, 11) is 0. The maximum absolute atomic E-state index is 5.72. The topological polar surface area (TPSA) is 24.5 Å². The van der Waals surface area contributed by atoms with Crippen molar-refractivity contribution >= 4 is 0 Å². The standard InChI is InChI=1S/C10H20N2O/c1-10(2,3)12-4-5-13-9-7-11-6-8(9)12/h8-9,11H,4-7H2,1-3H3. The lowest BCUT2D eigenvalue weighted by molar-refractivity contribution is -0.0792. The average Bonchev–Trinajstić information content (AvgIpc) is 2.48. The number of fused-ring (bicyclic) bond motifs is 1. The van der Waals surface area contributed by atoms with Gasteiger partial charge in [0.2, 0.25) is 0 Å². The van der Waals surface area contributed by atoms with E-state index in [1.807, 2.05) is 0 Å². The van der Waals surface area contributed by atoms with Crippen LogP contribution in [0.3, 0.4) is 0 Å². The Morgan fingerprint density at radius 1 is 1.31 bits per heavy atom. The molecular formula is C10H20N2O. The summed E-state index contributed by atoms with van der Waals surface area (Å²) in [4.78, 5) is 2.57. The fourth-order valence-corrected chi connectivity index (χ4v) is 2.42. The van der Waals surface area contributed by atoms with Crippen LogP contribution >= 0.6 is 0 Å². The van der Waals surface area contributed by atoms with E-state index in [1.54, 1.807) is 0 Å². The third-order valence-corrected chi connectivity index (χ3v) is 3.05. The summed E-state index contributed by atoms with van der Waals surface area (Å²) < 4.78 is 5.72. The van der Waals surface area contributed by atoms with Gasteiger partial charge in [-0.1, -0.05) is 0 Å². The Labute approximate surface area is 80.4 Å². The predicted molar refractivity (Wildman–Crippen MR) is 52.9 cm³/mol. The molecule has 0 saturated carbocycles. The summed E-state index contributed by atoms with van der Waals surface area (Å²) in [6.07, 6.45) is 0.424. The van der Waals surface area contributed by atoms with E-state index < -0.39 is 0 Å². The largest absolute Gasteiger partial charge is 0.374 e.